The molecule has 0 atom stereocenters. The van der Waals surface area contributed by atoms with Crippen LogP contribution in [0.2, 0.25) is 0 Å². The number of benzene rings is 2. The molecule has 30 heavy (non-hydrogen) atoms. The maximum atomic E-state index is 12.8. The van der Waals surface area contributed by atoms with E-state index in [1.165, 1.54) is 11.3 Å². The number of nitrogens with one attached hydrogen (secondary N) is 1. The number of ether oxygens (including phenoxy) is 1. The highest BCUT2D eigenvalue weighted by Gasteiger charge is 2.18. The molecule has 3 aromatic rings. The minimum atomic E-state index is -0.539. The van der Waals surface area contributed by atoms with Crippen LogP contribution >= 0.6 is 11.3 Å². The summed E-state index contributed by atoms with van der Waals surface area (Å²) >= 11 is 1.33. The van der Waals surface area contributed by atoms with Crippen LogP contribution in [-0.4, -0.2) is 30.9 Å². The van der Waals surface area contributed by atoms with Crippen molar-refractivity contribution in [1.82, 2.24) is 5.32 Å². The van der Waals surface area contributed by atoms with Crippen molar-refractivity contribution in [2.45, 2.75) is 13.0 Å². The van der Waals surface area contributed by atoms with Crippen molar-refractivity contribution in [2.75, 3.05) is 18.1 Å². The van der Waals surface area contributed by atoms with Gasteiger partial charge in [0.1, 0.15) is 0 Å². The largest absolute Gasteiger partial charge is 0.455 e. The lowest BCUT2D eigenvalue weighted by Gasteiger charge is -2.23. The van der Waals surface area contributed by atoms with Crippen LogP contribution in [-0.2, 0) is 20.9 Å². The number of para-hydroxylation sites is 1. The number of amides is 2. The molecule has 0 aliphatic heterocycles. The van der Waals surface area contributed by atoms with Crippen molar-refractivity contribution in [2.24, 2.45) is 0 Å². The second kappa shape index (κ2) is 10.9. The van der Waals surface area contributed by atoms with Crippen LogP contribution in [0.3, 0.4) is 0 Å². The third-order valence-electron chi connectivity index (χ3n) is 4.27. The standard InChI is InChI=1S/C23H22N2O4S/c26-21(17-29-22(27)13-14-24-23(28)20-12-7-15-30-20)25(19-10-5-2-6-11-19)16-18-8-3-1-4-9-18/h1-12,15H,13-14,16-17H2,(H,24,28). The maximum absolute atomic E-state index is 12.8. The first-order valence-electron chi connectivity index (χ1n) is 9.50. The quantitative estimate of drug-likeness (QED) is 0.534. The molecule has 1 heterocycles. The average molecular weight is 423 g/mol. The van der Waals surface area contributed by atoms with Crippen LogP contribution in [0.25, 0.3) is 0 Å². The van der Waals surface area contributed by atoms with Gasteiger partial charge in [0.05, 0.1) is 17.8 Å². The van der Waals surface area contributed by atoms with Gasteiger partial charge < -0.3 is 15.0 Å². The Morgan fingerprint density at radius 1 is 0.900 bits per heavy atom. The summed E-state index contributed by atoms with van der Waals surface area (Å²) in [4.78, 5) is 38.8. The lowest BCUT2D eigenvalue weighted by molar-refractivity contribution is -0.147. The molecule has 0 saturated heterocycles. The number of hydrogen-bond donors (Lipinski definition) is 1. The summed E-state index contributed by atoms with van der Waals surface area (Å²) in [6.07, 6.45) is -0.00554. The van der Waals surface area contributed by atoms with Gasteiger partial charge in [-0.15, -0.1) is 11.3 Å². The fourth-order valence-corrected chi connectivity index (χ4v) is 3.40. The smallest absolute Gasteiger partial charge is 0.308 e. The highest BCUT2D eigenvalue weighted by atomic mass is 32.1. The Kier molecular flexibility index (Phi) is 7.74. The highest BCUT2D eigenvalue weighted by molar-refractivity contribution is 7.12. The molecule has 0 aliphatic rings. The molecule has 0 unspecified atom stereocenters. The zero-order chi connectivity index (χ0) is 21.2. The number of carbonyl (C=O) groups excluding carboxylic acids is 3. The molecule has 0 aliphatic carbocycles. The van der Waals surface area contributed by atoms with Gasteiger partial charge in [-0.1, -0.05) is 54.6 Å². The van der Waals surface area contributed by atoms with Gasteiger partial charge in [-0.3, -0.25) is 14.4 Å². The number of carbonyl (C=O) groups is 3. The molecule has 0 saturated carbocycles. The van der Waals surface area contributed by atoms with E-state index >= 15 is 0 Å². The SMILES string of the molecule is O=C(CCNC(=O)c1cccs1)OCC(=O)N(Cc1ccccc1)c1ccccc1. The lowest BCUT2D eigenvalue weighted by atomic mass is 10.2. The first kappa shape index (κ1) is 21.3. The highest BCUT2D eigenvalue weighted by Crippen LogP contribution is 2.17. The van der Waals surface area contributed by atoms with Crippen molar-refractivity contribution in [3.05, 3.63) is 88.6 Å². The van der Waals surface area contributed by atoms with Crippen LogP contribution in [0.15, 0.2) is 78.2 Å². The van der Waals surface area contributed by atoms with Gasteiger partial charge in [-0.25, -0.2) is 0 Å². The van der Waals surface area contributed by atoms with E-state index in [2.05, 4.69) is 5.32 Å². The molecule has 1 aromatic heterocycles. The number of nitrogens with zero attached hydrogens (tertiary/aromatic N) is 1. The summed E-state index contributed by atoms with van der Waals surface area (Å²) in [6, 6.07) is 22.3. The van der Waals surface area contributed by atoms with E-state index in [9.17, 15) is 14.4 Å². The molecule has 3 rings (SSSR count). The zero-order valence-corrected chi connectivity index (χ0v) is 17.1. The molecule has 154 valence electrons. The van der Waals surface area contributed by atoms with Crippen molar-refractivity contribution < 1.29 is 19.1 Å². The summed E-state index contributed by atoms with van der Waals surface area (Å²) in [7, 11) is 0. The van der Waals surface area contributed by atoms with Gasteiger partial charge >= 0.3 is 5.97 Å². The Morgan fingerprint density at radius 2 is 1.60 bits per heavy atom. The minimum absolute atomic E-state index is 0.00554. The molecule has 6 nitrogen and oxygen atoms in total. The predicted octanol–water partition coefficient (Wildman–Crippen LogP) is 3.64. The van der Waals surface area contributed by atoms with E-state index in [-0.39, 0.29) is 31.4 Å². The molecule has 7 heteroatoms. The normalized spacial score (nSPS) is 10.3. The maximum Gasteiger partial charge on any atom is 0.308 e. The van der Waals surface area contributed by atoms with Gasteiger partial charge in [0, 0.05) is 12.2 Å². The van der Waals surface area contributed by atoms with E-state index in [1.54, 1.807) is 17.0 Å². The van der Waals surface area contributed by atoms with Crippen molar-refractivity contribution in [1.29, 1.82) is 0 Å². The Bertz CT molecular complexity index is 959. The van der Waals surface area contributed by atoms with Crippen LogP contribution < -0.4 is 10.2 Å². The van der Waals surface area contributed by atoms with Crippen LogP contribution in [0.5, 0.6) is 0 Å². The first-order chi connectivity index (χ1) is 14.6. The molecule has 1 N–H and O–H groups in total. The minimum Gasteiger partial charge on any atom is -0.455 e. The van der Waals surface area contributed by atoms with Gasteiger partial charge in [-0.2, -0.15) is 0 Å². The zero-order valence-electron chi connectivity index (χ0n) is 16.3. The second-order valence-corrected chi connectivity index (χ2v) is 7.39. The fourth-order valence-electron chi connectivity index (χ4n) is 2.76. The van der Waals surface area contributed by atoms with Gasteiger partial charge in [0.2, 0.25) is 0 Å². The molecule has 0 fully saturated rings. The Labute approximate surface area is 179 Å². The van der Waals surface area contributed by atoms with E-state index < -0.39 is 5.97 Å². The number of anilines is 1. The van der Waals surface area contributed by atoms with Gasteiger partial charge in [-0.05, 0) is 29.1 Å². The van der Waals surface area contributed by atoms with Crippen LogP contribution in [0.1, 0.15) is 21.7 Å². The Balaban J connectivity index is 1.51. The summed E-state index contributed by atoms with van der Waals surface area (Å²) in [5, 5.41) is 4.47. The van der Waals surface area contributed by atoms with E-state index in [4.69, 9.17) is 4.74 Å². The molecule has 0 bridgehead atoms. The fraction of sp³-hybridized carbons (Fsp3) is 0.174. The number of thiophene rings is 1. The van der Waals surface area contributed by atoms with Crippen LogP contribution in [0, 0.1) is 0 Å². The van der Waals surface area contributed by atoms with Gasteiger partial charge in [0.25, 0.3) is 11.8 Å². The van der Waals surface area contributed by atoms with Gasteiger partial charge in [0.15, 0.2) is 6.61 Å². The van der Waals surface area contributed by atoms with Crippen LogP contribution in [0.4, 0.5) is 5.69 Å². The van der Waals surface area contributed by atoms with Crippen molar-refractivity contribution in [3.8, 4) is 0 Å². The molecular formula is C23H22N2O4S. The number of rotatable bonds is 9. The molecule has 2 aromatic carbocycles. The summed E-state index contributed by atoms with van der Waals surface area (Å²) in [5.74, 6) is -1.09. The number of hydrogen-bond acceptors (Lipinski definition) is 5. The van der Waals surface area contributed by atoms with Crippen molar-refractivity contribution in [3.63, 3.8) is 0 Å². The lowest BCUT2D eigenvalue weighted by Crippen LogP contribution is -2.34. The Hall–Kier alpha value is -3.45. The summed E-state index contributed by atoms with van der Waals surface area (Å²) in [5.41, 5.74) is 1.70. The number of esters is 1. The van der Waals surface area contributed by atoms with Crippen molar-refractivity contribution >= 4 is 34.8 Å². The van der Waals surface area contributed by atoms with E-state index in [0.29, 0.717) is 11.4 Å². The summed E-state index contributed by atoms with van der Waals surface area (Å²) < 4.78 is 5.14. The third-order valence-corrected chi connectivity index (χ3v) is 5.14. The third kappa shape index (κ3) is 6.28. The molecule has 0 spiro atoms. The molecular weight excluding hydrogens is 400 g/mol. The summed E-state index contributed by atoms with van der Waals surface area (Å²) in [6.45, 7) is 0.160. The molecule has 2 amide bonds. The average Bonchev–Trinajstić information content (AvgIpc) is 3.32. The molecule has 0 radical (unpaired) electrons. The topological polar surface area (TPSA) is 75.7 Å². The second-order valence-electron chi connectivity index (χ2n) is 6.44. The first-order valence-corrected chi connectivity index (χ1v) is 10.4. The predicted molar refractivity (Wildman–Crippen MR) is 116 cm³/mol. The van der Waals surface area contributed by atoms with E-state index in [1.807, 2.05) is 66.0 Å². The monoisotopic (exact) mass is 422 g/mol. The van der Waals surface area contributed by atoms with E-state index in [0.717, 1.165) is 11.3 Å². The Morgan fingerprint density at radius 3 is 2.27 bits per heavy atom.